The van der Waals surface area contributed by atoms with Gasteiger partial charge in [-0.1, -0.05) is 11.6 Å². The van der Waals surface area contributed by atoms with Gasteiger partial charge in [0.1, 0.15) is 11.6 Å². The second-order valence-electron chi connectivity index (χ2n) is 7.30. The van der Waals surface area contributed by atoms with Crippen LogP contribution in [0.2, 0.25) is 5.02 Å². The molecule has 5 rings (SSSR count). The molecule has 1 atom stereocenters. The molecule has 3 heterocycles. The van der Waals surface area contributed by atoms with Crippen molar-refractivity contribution in [3.8, 4) is 11.6 Å². The van der Waals surface area contributed by atoms with Crippen LogP contribution < -0.4 is 4.74 Å². The van der Waals surface area contributed by atoms with E-state index >= 15 is 0 Å². The third-order valence-corrected chi connectivity index (χ3v) is 5.67. The van der Waals surface area contributed by atoms with Gasteiger partial charge in [0.25, 0.3) is 0 Å². The van der Waals surface area contributed by atoms with Gasteiger partial charge in [0.05, 0.1) is 17.7 Å². The standard InChI is InChI=1S/C21H22ClN3O2/c22-14-7-9-15(10-8-14)25-21(27-16-4-3-11-26-13-16)18-12-23-19-6-2-1-5-17(19)20(18)24-25/h7-10,12,16H,1-6,11,13H2. The minimum atomic E-state index is 0.0423. The zero-order valence-corrected chi connectivity index (χ0v) is 15.9. The lowest BCUT2D eigenvalue weighted by Crippen LogP contribution is -2.28. The molecule has 5 nitrogen and oxygen atoms in total. The first-order valence-electron chi connectivity index (χ1n) is 9.69. The molecule has 140 valence electrons. The number of ether oxygens (including phenoxy) is 2. The number of halogens is 1. The van der Waals surface area contributed by atoms with E-state index < -0.39 is 0 Å². The SMILES string of the molecule is Clc1ccc(-n2nc3c4c(ncc3c2OC2CCCOC2)CCCC4)cc1. The number of hydrogen-bond donors (Lipinski definition) is 0. The van der Waals surface area contributed by atoms with Crippen molar-refractivity contribution in [2.24, 2.45) is 0 Å². The highest BCUT2D eigenvalue weighted by Crippen LogP contribution is 2.35. The fraction of sp³-hybridized carbons (Fsp3) is 0.429. The Morgan fingerprint density at radius 3 is 2.78 bits per heavy atom. The van der Waals surface area contributed by atoms with E-state index in [9.17, 15) is 0 Å². The molecule has 3 aromatic rings. The third kappa shape index (κ3) is 3.19. The van der Waals surface area contributed by atoms with Gasteiger partial charge in [-0.15, -0.1) is 0 Å². The van der Waals surface area contributed by atoms with Crippen LogP contribution in [0.25, 0.3) is 16.6 Å². The Balaban J connectivity index is 1.66. The van der Waals surface area contributed by atoms with Gasteiger partial charge in [-0.05, 0) is 62.8 Å². The molecule has 0 radical (unpaired) electrons. The van der Waals surface area contributed by atoms with Crippen molar-refractivity contribution in [3.63, 3.8) is 0 Å². The Morgan fingerprint density at radius 1 is 1.11 bits per heavy atom. The van der Waals surface area contributed by atoms with Crippen LogP contribution in [0.3, 0.4) is 0 Å². The summed E-state index contributed by atoms with van der Waals surface area (Å²) in [6, 6.07) is 7.70. The highest BCUT2D eigenvalue weighted by Gasteiger charge is 2.24. The largest absolute Gasteiger partial charge is 0.471 e. The van der Waals surface area contributed by atoms with Gasteiger partial charge in [0.2, 0.25) is 5.88 Å². The molecule has 0 bridgehead atoms. The lowest BCUT2D eigenvalue weighted by atomic mass is 9.95. The van der Waals surface area contributed by atoms with Gasteiger partial charge in [-0.2, -0.15) is 9.78 Å². The third-order valence-electron chi connectivity index (χ3n) is 5.42. The van der Waals surface area contributed by atoms with Crippen molar-refractivity contribution in [2.75, 3.05) is 13.2 Å². The van der Waals surface area contributed by atoms with Crippen molar-refractivity contribution < 1.29 is 9.47 Å². The molecule has 0 spiro atoms. The number of fused-ring (bicyclic) bond motifs is 3. The molecule has 0 saturated carbocycles. The number of hydrogen-bond acceptors (Lipinski definition) is 4. The van der Waals surface area contributed by atoms with Crippen LogP contribution in [0.4, 0.5) is 0 Å². The Morgan fingerprint density at radius 2 is 1.96 bits per heavy atom. The second-order valence-corrected chi connectivity index (χ2v) is 7.74. The zero-order chi connectivity index (χ0) is 18.2. The van der Waals surface area contributed by atoms with Crippen LogP contribution in [0.15, 0.2) is 30.5 Å². The van der Waals surface area contributed by atoms with E-state index in [1.807, 2.05) is 35.1 Å². The van der Waals surface area contributed by atoms with Gasteiger partial charge in [0, 0.05) is 29.1 Å². The highest BCUT2D eigenvalue weighted by atomic mass is 35.5. The fourth-order valence-electron chi connectivity index (χ4n) is 4.02. The van der Waals surface area contributed by atoms with E-state index in [2.05, 4.69) is 0 Å². The summed E-state index contributed by atoms with van der Waals surface area (Å²) >= 11 is 6.08. The number of benzene rings is 1. The first-order chi connectivity index (χ1) is 13.3. The maximum absolute atomic E-state index is 6.42. The molecule has 6 heteroatoms. The van der Waals surface area contributed by atoms with Crippen molar-refractivity contribution in [3.05, 3.63) is 46.7 Å². The molecule has 1 unspecified atom stereocenters. The monoisotopic (exact) mass is 383 g/mol. The van der Waals surface area contributed by atoms with E-state index in [-0.39, 0.29) is 6.10 Å². The quantitative estimate of drug-likeness (QED) is 0.667. The summed E-state index contributed by atoms with van der Waals surface area (Å²) in [5.74, 6) is 0.753. The number of pyridine rings is 1. The van der Waals surface area contributed by atoms with Crippen LogP contribution in [-0.2, 0) is 17.6 Å². The van der Waals surface area contributed by atoms with Crippen LogP contribution >= 0.6 is 11.6 Å². The molecule has 27 heavy (non-hydrogen) atoms. The summed E-state index contributed by atoms with van der Waals surface area (Å²) in [7, 11) is 0. The Labute approximate surface area is 163 Å². The summed E-state index contributed by atoms with van der Waals surface area (Å²) in [5.41, 5.74) is 4.41. The number of nitrogens with zero attached hydrogens (tertiary/aromatic N) is 3. The molecule has 1 aliphatic heterocycles. The highest BCUT2D eigenvalue weighted by molar-refractivity contribution is 6.30. The molecule has 0 N–H and O–H groups in total. The van der Waals surface area contributed by atoms with Crippen molar-refractivity contribution in [1.82, 2.24) is 14.8 Å². The van der Waals surface area contributed by atoms with Gasteiger partial charge in [-0.25, -0.2) is 0 Å². The Hall–Kier alpha value is -2.11. The first-order valence-corrected chi connectivity index (χ1v) is 10.1. The predicted octanol–water partition coefficient (Wildman–Crippen LogP) is 4.51. The summed E-state index contributed by atoms with van der Waals surface area (Å²) in [4.78, 5) is 4.74. The van der Waals surface area contributed by atoms with Gasteiger partial charge < -0.3 is 9.47 Å². The smallest absolute Gasteiger partial charge is 0.226 e. The minimum absolute atomic E-state index is 0.0423. The summed E-state index contributed by atoms with van der Waals surface area (Å²) in [6.45, 7) is 1.43. The van der Waals surface area contributed by atoms with Gasteiger partial charge >= 0.3 is 0 Å². The van der Waals surface area contributed by atoms with Crippen molar-refractivity contribution in [2.45, 2.75) is 44.6 Å². The van der Waals surface area contributed by atoms with Crippen LogP contribution in [0.1, 0.15) is 36.9 Å². The van der Waals surface area contributed by atoms with E-state index in [0.717, 1.165) is 54.8 Å². The van der Waals surface area contributed by atoms with E-state index in [1.165, 1.54) is 24.1 Å². The zero-order valence-electron chi connectivity index (χ0n) is 15.2. The topological polar surface area (TPSA) is 49.2 Å². The average Bonchev–Trinajstić information content (AvgIpc) is 3.08. The van der Waals surface area contributed by atoms with Crippen molar-refractivity contribution in [1.29, 1.82) is 0 Å². The van der Waals surface area contributed by atoms with E-state index in [4.69, 9.17) is 31.2 Å². The average molecular weight is 384 g/mol. The first kappa shape index (κ1) is 17.0. The Kier molecular flexibility index (Phi) is 4.50. The lowest BCUT2D eigenvalue weighted by Gasteiger charge is -2.23. The molecule has 1 fully saturated rings. The molecule has 1 saturated heterocycles. The summed E-state index contributed by atoms with van der Waals surface area (Å²) < 4.78 is 13.9. The molecule has 2 aliphatic rings. The number of aryl methyl sites for hydroxylation is 2. The molecular formula is C21H22ClN3O2. The Bertz CT molecular complexity index is 962. The lowest BCUT2D eigenvalue weighted by molar-refractivity contribution is 0.00508. The second kappa shape index (κ2) is 7.13. The molecule has 1 aliphatic carbocycles. The maximum atomic E-state index is 6.42. The molecule has 1 aromatic carbocycles. The number of rotatable bonds is 3. The van der Waals surface area contributed by atoms with E-state index in [1.54, 1.807) is 0 Å². The molecular weight excluding hydrogens is 362 g/mol. The summed E-state index contributed by atoms with van der Waals surface area (Å²) in [6.07, 6.45) is 8.44. The normalized spacial score (nSPS) is 19.8. The fourth-order valence-corrected chi connectivity index (χ4v) is 4.14. The minimum Gasteiger partial charge on any atom is -0.471 e. The molecule has 0 amide bonds. The van der Waals surface area contributed by atoms with Crippen LogP contribution in [0, 0.1) is 0 Å². The van der Waals surface area contributed by atoms with Gasteiger partial charge in [-0.3, -0.25) is 4.98 Å². The van der Waals surface area contributed by atoms with Crippen molar-refractivity contribution >= 4 is 22.5 Å². The van der Waals surface area contributed by atoms with Crippen LogP contribution in [-0.4, -0.2) is 34.1 Å². The number of aromatic nitrogens is 3. The summed E-state index contributed by atoms with van der Waals surface area (Å²) in [5, 5.41) is 6.65. The van der Waals surface area contributed by atoms with Crippen LogP contribution in [0.5, 0.6) is 5.88 Å². The maximum Gasteiger partial charge on any atom is 0.226 e. The molecule has 2 aromatic heterocycles. The predicted molar refractivity (Wildman–Crippen MR) is 105 cm³/mol. The van der Waals surface area contributed by atoms with E-state index in [0.29, 0.717) is 11.6 Å². The van der Waals surface area contributed by atoms with Gasteiger partial charge in [0.15, 0.2) is 0 Å².